The van der Waals surface area contributed by atoms with Crippen LogP contribution in [-0.4, -0.2) is 12.4 Å². The number of nitrogens with zero attached hydrogens (tertiary/aromatic N) is 3. The van der Waals surface area contributed by atoms with Crippen molar-refractivity contribution < 1.29 is 0 Å². The van der Waals surface area contributed by atoms with Crippen LogP contribution in [0.1, 0.15) is 43.0 Å². The van der Waals surface area contributed by atoms with Crippen LogP contribution < -0.4 is 4.90 Å². The smallest absolute Gasteiger partial charge is 0.0859 e. The van der Waals surface area contributed by atoms with Gasteiger partial charge in [0, 0.05) is 23.4 Å². The molecule has 1 aliphatic heterocycles. The van der Waals surface area contributed by atoms with E-state index >= 15 is 0 Å². The van der Waals surface area contributed by atoms with E-state index in [4.69, 9.17) is 4.99 Å². The van der Waals surface area contributed by atoms with Crippen molar-refractivity contribution >= 4 is 46.3 Å². The molecule has 5 aromatic carbocycles. The van der Waals surface area contributed by atoms with Crippen molar-refractivity contribution in [3.63, 3.8) is 0 Å². The highest BCUT2D eigenvalue weighted by Gasteiger charge is 2.26. The predicted octanol–water partition coefficient (Wildman–Crippen LogP) is 11.4. The Hall–Kier alpha value is -5.28. The van der Waals surface area contributed by atoms with Crippen LogP contribution in [0.2, 0.25) is 0 Å². The minimum Gasteiger partial charge on any atom is -0.335 e. The summed E-state index contributed by atoms with van der Waals surface area (Å²) in [6.07, 6.45) is 3.95. The van der Waals surface area contributed by atoms with Crippen molar-refractivity contribution in [2.24, 2.45) is 9.98 Å². The summed E-state index contributed by atoms with van der Waals surface area (Å²) in [6.45, 7) is 21.1. The first-order valence-corrected chi connectivity index (χ1v) is 15.1. The van der Waals surface area contributed by atoms with Gasteiger partial charge in [0.15, 0.2) is 0 Å². The van der Waals surface area contributed by atoms with Crippen molar-refractivity contribution in [1.29, 1.82) is 0 Å². The van der Waals surface area contributed by atoms with E-state index < -0.39 is 0 Å². The second kappa shape index (κ2) is 13.4. The molecular weight excluding hydrogens is 534 g/mol. The Bertz CT molecular complexity index is 1940. The molecule has 0 spiro atoms. The number of para-hydroxylation sites is 2. The van der Waals surface area contributed by atoms with Crippen LogP contribution in [0.3, 0.4) is 0 Å². The topological polar surface area (TPSA) is 28.0 Å². The van der Waals surface area contributed by atoms with Gasteiger partial charge in [0.25, 0.3) is 0 Å². The minimum absolute atomic E-state index is 0.713. The van der Waals surface area contributed by atoms with Gasteiger partial charge in [0.1, 0.15) is 0 Å². The van der Waals surface area contributed by atoms with Gasteiger partial charge in [-0.1, -0.05) is 106 Å². The van der Waals surface area contributed by atoms with Gasteiger partial charge in [-0.15, -0.1) is 0 Å². The van der Waals surface area contributed by atoms with Gasteiger partial charge in [0.2, 0.25) is 0 Å². The zero-order chi connectivity index (χ0) is 31.2. The normalized spacial score (nSPS) is 12.5. The fraction of sp³-hybridized carbons (Fsp3) is 0.122. The highest BCUT2D eigenvalue weighted by Crippen LogP contribution is 2.47. The zero-order valence-corrected chi connectivity index (χ0v) is 26.1. The Morgan fingerprint density at radius 3 is 2.32 bits per heavy atom. The number of benzene rings is 5. The lowest BCUT2D eigenvalue weighted by Crippen LogP contribution is -2.22. The number of anilines is 2. The molecule has 0 amide bonds. The maximum Gasteiger partial charge on any atom is 0.0859 e. The summed E-state index contributed by atoms with van der Waals surface area (Å²) < 4.78 is 0. The van der Waals surface area contributed by atoms with Gasteiger partial charge in [0.05, 0.1) is 22.8 Å². The summed E-state index contributed by atoms with van der Waals surface area (Å²) in [6, 6.07) is 36.1. The van der Waals surface area contributed by atoms with Gasteiger partial charge in [-0.2, -0.15) is 0 Å². The van der Waals surface area contributed by atoms with Crippen LogP contribution in [0.5, 0.6) is 0 Å². The number of fused-ring (bicyclic) bond motifs is 5. The van der Waals surface area contributed by atoms with E-state index in [0.717, 1.165) is 46.0 Å². The third kappa shape index (κ3) is 5.82. The lowest BCUT2D eigenvalue weighted by atomic mass is 9.87. The first kappa shape index (κ1) is 30.2. The van der Waals surface area contributed by atoms with E-state index in [0.29, 0.717) is 5.70 Å². The molecule has 0 aliphatic carbocycles. The quantitative estimate of drug-likeness (QED) is 0.141. The first-order chi connectivity index (χ1) is 21.5. The SMILES string of the molecule is C=CC(=NC(=C)/C(C)=C/c1ccccc1C)c1ccc2c(c1)-c1ccc3ccccc3c1CN2c1ccccc1N=C.CC. The van der Waals surface area contributed by atoms with E-state index in [1.807, 2.05) is 38.1 Å². The second-order valence-corrected chi connectivity index (χ2v) is 10.6. The predicted molar refractivity (Wildman–Crippen MR) is 193 cm³/mol. The van der Waals surface area contributed by atoms with Crippen molar-refractivity contribution in [1.82, 2.24) is 0 Å². The van der Waals surface area contributed by atoms with Gasteiger partial charge in [-0.25, -0.2) is 4.99 Å². The minimum atomic E-state index is 0.713. The molecule has 1 aliphatic rings. The molecule has 0 bridgehead atoms. The number of allylic oxidation sites excluding steroid dienone is 2. The summed E-state index contributed by atoms with van der Waals surface area (Å²) in [4.78, 5) is 11.6. The lowest BCUT2D eigenvalue weighted by Gasteiger charge is -2.34. The van der Waals surface area contributed by atoms with Crippen LogP contribution in [0, 0.1) is 6.92 Å². The molecule has 3 heteroatoms. The molecule has 0 aromatic heterocycles. The highest BCUT2D eigenvalue weighted by molar-refractivity contribution is 6.11. The van der Waals surface area contributed by atoms with Crippen LogP contribution >= 0.6 is 0 Å². The number of aryl methyl sites for hydroxylation is 1. The third-order valence-corrected chi connectivity index (χ3v) is 8.04. The fourth-order valence-electron chi connectivity index (χ4n) is 5.72. The molecular formula is C41H39N3. The molecule has 0 saturated heterocycles. The van der Waals surface area contributed by atoms with Crippen molar-refractivity contribution in [3.8, 4) is 11.1 Å². The molecule has 3 nitrogen and oxygen atoms in total. The average Bonchev–Trinajstić information content (AvgIpc) is 3.08. The summed E-state index contributed by atoms with van der Waals surface area (Å²) in [7, 11) is 0. The maximum atomic E-state index is 4.95. The zero-order valence-electron chi connectivity index (χ0n) is 26.1. The Morgan fingerprint density at radius 1 is 0.818 bits per heavy atom. The van der Waals surface area contributed by atoms with E-state index in [1.54, 1.807) is 0 Å². The third-order valence-electron chi connectivity index (χ3n) is 8.04. The molecule has 0 saturated carbocycles. The van der Waals surface area contributed by atoms with Gasteiger partial charge >= 0.3 is 0 Å². The van der Waals surface area contributed by atoms with E-state index in [2.05, 4.69) is 135 Å². The Kier molecular flexibility index (Phi) is 9.16. The molecule has 0 unspecified atom stereocenters. The number of aliphatic imine (C=N–C) groups is 2. The Balaban J connectivity index is 0.00000188. The van der Waals surface area contributed by atoms with Crippen LogP contribution in [-0.2, 0) is 6.54 Å². The number of hydrogen-bond donors (Lipinski definition) is 0. The first-order valence-electron chi connectivity index (χ1n) is 15.1. The number of rotatable bonds is 7. The summed E-state index contributed by atoms with van der Waals surface area (Å²) in [5.74, 6) is 0. The van der Waals surface area contributed by atoms with Crippen molar-refractivity contribution in [2.75, 3.05) is 4.90 Å². The monoisotopic (exact) mass is 573 g/mol. The second-order valence-electron chi connectivity index (χ2n) is 10.6. The fourth-order valence-corrected chi connectivity index (χ4v) is 5.72. The maximum absolute atomic E-state index is 4.95. The molecule has 5 aromatic rings. The molecule has 1 heterocycles. The lowest BCUT2D eigenvalue weighted by molar-refractivity contribution is 0.970. The van der Waals surface area contributed by atoms with Crippen LogP contribution in [0.25, 0.3) is 28.0 Å². The number of hydrogen-bond acceptors (Lipinski definition) is 3. The van der Waals surface area contributed by atoms with Crippen molar-refractivity contribution in [2.45, 2.75) is 34.2 Å². The average molecular weight is 574 g/mol. The van der Waals surface area contributed by atoms with E-state index in [-0.39, 0.29) is 0 Å². The van der Waals surface area contributed by atoms with Crippen LogP contribution in [0.4, 0.5) is 17.1 Å². The molecule has 0 atom stereocenters. The largest absolute Gasteiger partial charge is 0.335 e. The van der Waals surface area contributed by atoms with Crippen LogP contribution in [0.15, 0.2) is 144 Å². The molecule has 6 rings (SSSR count). The Labute approximate surface area is 262 Å². The molecule has 44 heavy (non-hydrogen) atoms. The van der Waals surface area contributed by atoms with Crippen molar-refractivity contribution in [3.05, 3.63) is 156 Å². The molecule has 0 N–H and O–H groups in total. The summed E-state index contributed by atoms with van der Waals surface area (Å²) in [5.41, 5.74) is 12.6. The van der Waals surface area contributed by atoms with Gasteiger partial charge in [-0.3, -0.25) is 4.99 Å². The Morgan fingerprint density at radius 2 is 1.55 bits per heavy atom. The van der Waals surface area contributed by atoms with E-state index in [1.165, 1.54) is 33.0 Å². The summed E-state index contributed by atoms with van der Waals surface area (Å²) >= 11 is 0. The molecule has 218 valence electrons. The molecule has 0 fully saturated rings. The molecule has 0 radical (unpaired) electrons. The van der Waals surface area contributed by atoms with E-state index in [9.17, 15) is 0 Å². The highest BCUT2D eigenvalue weighted by atomic mass is 15.2. The van der Waals surface area contributed by atoms with Gasteiger partial charge < -0.3 is 4.90 Å². The summed E-state index contributed by atoms with van der Waals surface area (Å²) in [5, 5.41) is 2.48. The van der Waals surface area contributed by atoms with Gasteiger partial charge in [-0.05, 0) is 95.6 Å². The standard InChI is InChI=1S/C39H33N3.C2H6/c1-6-36(41-28(4)27(3)23-30-15-8-7-13-26(30)2)31-20-22-38-34(24-31)33-21-19-29-14-9-10-16-32(29)35(33)25-42(38)39-18-12-11-17-37(39)40-5;1-2/h6-24H,1,4-5,25H2,2-3H3;1-2H3/b27-23+,41-36?;.